The molecule has 0 aliphatic carbocycles. The van der Waals surface area contributed by atoms with Crippen LogP contribution in [0.15, 0.2) is 0 Å². The Bertz CT molecular complexity index is 189. The van der Waals surface area contributed by atoms with E-state index in [0.29, 0.717) is 12.1 Å². The molecule has 2 atom stereocenters. The van der Waals surface area contributed by atoms with Crippen LogP contribution in [0.4, 0.5) is 0 Å². The van der Waals surface area contributed by atoms with E-state index < -0.39 is 0 Å². The van der Waals surface area contributed by atoms with Crippen LogP contribution in [-0.4, -0.2) is 47.3 Å². The van der Waals surface area contributed by atoms with Crippen molar-refractivity contribution < 1.29 is 5.11 Å². The van der Waals surface area contributed by atoms with Crippen LogP contribution in [0.5, 0.6) is 0 Å². The van der Waals surface area contributed by atoms with Crippen molar-refractivity contribution in [3.8, 4) is 0 Å². The molecule has 0 aromatic rings. The maximum atomic E-state index is 9.01. The minimum absolute atomic E-state index is 0.221. The van der Waals surface area contributed by atoms with Crippen LogP contribution >= 0.6 is 0 Å². The van der Waals surface area contributed by atoms with Gasteiger partial charge in [0.2, 0.25) is 0 Å². The Hall–Kier alpha value is -0.120. The maximum absolute atomic E-state index is 9.01. The molecule has 0 radical (unpaired) electrons. The molecule has 0 amide bonds. The third-order valence-electron chi connectivity index (χ3n) is 3.28. The van der Waals surface area contributed by atoms with Crippen LogP contribution in [0.3, 0.4) is 0 Å². The van der Waals surface area contributed by atoms with E-state index in [9.17, 15) is 0 Å². The van der Waals surface area contributed by atoms with Crippen LogP contribution in [0, 0.1) is 0 Å². The van der Waals surface area contributed by atoms with Gasteiger partial charge in [0.15, 0.2) is 0 Å². The molecular formula is C12H26N2O. The third kappa shape index (κ3) is 3.74. The van der Waals surface area contributed by atoms with Crippen molar-refractivity contribution in [3.63, 3.8) is 0 Å². The average molecular weight is 214 g/mol. The first-order valence-electron chi connectivity index (χ1n) is 6.06. The van der Waals surface area contributed by atoms with Crippen molar-refractivity contribution >= 4 is 0 Å². The fourth-order valence-corrected chi connectivity index (χ4v) is 2.42. The van der Waals surface area contributed by atoms with E-state index in [1.807, 2.05) is 0 Å². The number of rotatable bonds is 2. The summed E-state index contributed by atoms with van der Waals surface area (Å²) in [6.45, 7) is 11.5. The molecule has 3 heteroatoms. The van der Waals surface area contributed by atoms with E-state index in [0.717, 1.165) is 19.5 Å². The van der Waals surface area contributed by atoms with E-state index in [1.54, 1.807) is 0 Å². The highest BCUT2D eigenvalue weighted by molar-refractivity contribution is 4.88. The predicted octanol–water partition coefficient (Wildman–Crippen LogP) is 1.22. The van der Waals surface area contributed by atoms with Gasteiger partial charge in [-0.25, -0.2) is 0 Å². The lowest BCUT2D eigenvalue weighted by molar-refractivity contribution is 0.0847. The first-order valence-corrected chi connectivity index (χ1v) is 6.06. The molecule has 15 heavy (non-hydrogen) atoms. The molecular weight excluding hydrogens is 188 g/mol. The summed E-state index contributed by atoms with van der Waals surface area (Å²) in [5.74, 6) is 0. The lowest BCUT2D eigenvalue weighted by atomic mass is 10.0. The van der Waals surface area contributed by atoms with Gasteiger partial charge in [0.05, 0.1) is 0 Å². The highest BCUT2D eigenvalue weighted by Crippen LogP contribution is 2.21. The molecule has 1 rings (SSSR count). The molecule has 1 heterocycles. The standard InChI is InChI=1S/C12H26N2O/c1-10-5-7-13-11(6-8-15)9-14(10)12(2,3)4/h10-11,13,15H,5-9H2,1-4H3. The molecule has 0 saturated carbocycles. The molecule has 0 aromatic heterocycles. The highest BCUT2D eigenvalue weighted by Gasteiger charge is 2.30. The molecule has 1 aliphatic rings. The van der Waals surface area contributed by atoms with Crippen molar-refractivity contribution in [2.45, 2.75) is 58.2 Å². The van der Waals surface area contributed by atoms with Gasteiger partial charge in [-0.05, 0) is 47.1 Å². The van der Waals surface area contributed by atoms with Crippen LogP contribution < -0.4 is 5.32 Å². The van der Waals surface area contributed by atoms with E-state index in [4.69, 9.17) is 5.11 Å². The number of hydrogen-bond donors (Lipinski definition) is 2. The van der Waals surface area contributed by atoms with E-state index in [1.165, 1.54) is 6.42 Å². The molecule has 0 aromatic carbocycles. The van der Waals surface area contributed by atoms with Crippen LogP contribution in [-0.2, 0) is 0 Å². The molecule has 2 N–H and O–H groups in total. The van der Waals surface area contributed by atoms with Crippen LogP contribution in [0.1, 0.15) is 40.5 Å². The fourth-order valence-electron chi connectivity index (χ4n) is 2.42. The first kappa shape index (κ1) is 12.9. The van der Waals surface area contributed by atoms with Crippen LogP contribution in [0.2, 0.25) is 0 Å². The minimum Gasteiger partial charge on any atom is -0.396 e. The molecule has 1 saturated heterocycles. The molecule has 1 fully saturated rings. The Balaban J connectivity index is 2.65. The average Bonchev–Trinajstić information content (AvgIpc) is 2.28. The summed E-state index contributed by atoms with van der Waals surface area (Å²) in [6, 6.07) is 1.07. The summed E-state index contributed by atoms with van der Waals surface area (Å²) in [4.78, 5) is 2.55. The van der Waals surface area contributed by atoms with Gasteiger partial charge in [-0.3, -0.25) is 4.90 Å². The van der Waals surface area contributed by atoms with Gasteiger partial charge in [-0.2, -0.15) is 0 Å². The molecule has 1 aliphatic heterocycles. The second kappa shape index (κ2) is 5.28. The molecule has 0 bridgehead atoms. The maximum Gasteiger partial charge on any atom is 0.0446 e. The Morgan fingerprint density at radius 2 is 2.07 bits per heavy atom. The van der Waals surface area contributed by atoms with Gasteiger partial charge < -0.3 is 10.4 Å². The van der Waals surface area contributed by atoms with E-state index >= 15 is 0 Å². The highest BCUT2D eigenvalue weighted by atomic mass is 16.3. The molecule has 3 nitrogen and oxygen atoms in total. The van der Waals surface area contributed by atoms with Crippen molar-refractivity contribution in [3.05, 3.63) is 0 Å². The second-order valence-corrected chi connectivity index (χ2v) is 5.62. The Morgan fingerprint density at radius 1 is 1.40 bits per heavy atom. The topological polar surface area (TPSA) is 35.5 Å². The third-order valence-corrected chi connectivity index (χ3v) is 3.28. The monoisotopic (exact) mass is 214 g/mol. The summed E-state index contributed by atoms with van der Waals surface area (Å²) in [5, 5.41) is 12.5. The molecule has 0 spiro atoms. The number of aliphatic hydroxyl groups excluding tert-OH is 1. The molecule has 2 unspecified atom stereocenters. The quantitative estimate of drug-likeness (QED) is 0.725. The van der Waals surface area contributed by atoms with Gasteiger partial charge in [0.1, 0.15) is 0 Å². The first-order chi connectivity index (χ1) is 6.95. The molecule has 90 valence electrons. The Kier molecular flexibility index (Phi) is 4.56. The van der Waals surface area contributed by atoms with Gasteiger partial charge in [0.25, 0.3) is 0 Å². The van der Waals surface area contributed by atoms with E-state index in [2.05, 4.69) is 37.9 Å². The Morgan fingerprint density at radius 3 is 2.60 bits per heavy atom. The lowest BCUT2D eigenvalue weighted by Crippen LogP contribution is -2.50. The zero-order valence-corrected chi connectivity index (χ0v) is 10.6. The van der Waals surface area contributed by atoms with Gasteiger partial charge >= 0.3 is 0 Å². The minimum atomic E-state index is 0.221. The number of hydrogen-bond acceptors (Lipinski definition) is 3. The summed E-state index contributed by atoms with van der Waals surface area (Å²) in [5.41, 5.74) is 0.221. The smallest absolute Gasteiger partial charge is 0.0446 e. The van der Waals surface area contributed by atoms with Gasteiger partial charge in [-0.1, -0.05) is 0 Å². The van der Waals surface area contributed by atoms with Gasteiger partial charge in [0, 0.05) is 30.8 Å². The summed E-state index contributed by atoms with van der Waals surface area (Å²) in [7, 11) is 0. The van der Waals surface area contributed by atoms with Crippen molar-refractivity contribution in [1.82, 2.24) is 10.2 Å². The number of nitrogens with zero attached hydrogens (tertiary/aromatic N) is 1. The normalized spacial score (nSPS) is 30.2. The SMILES string of the molecule is CC1CCNC(CCO)CN1C(C)(C)C. The summed E-state index contributed by atoms with van der Waals surface area (Å²) >= 11 is 0. The van der Waals surface area contributed by atoms with Gasteiger partial charge in [-0.15, -0.1) is 0 Å². The largest absolute Gasteiger partial charge is 0.396 e. The lowest BCUT2D eigenvalue weighted by Gasteiger charge is -2.40. The predicted molar refractivity (Wildman–Crippen MR) is 64.0 cm³/mol. The van der Waals surface area contributed by atoms with E-state index in [-0.39, 0.29) is 12.1 Å². The Labute approximate surface area is 93.9 Å². The summed E-state index contributed by atoms with van der Waals surface area (Å²) < 4.78 is 0. The summed E-state index contributed by atoms with van der Waals surface area (Å²) in [6.07, 6.45) is 2.05. The second-order valence-electron chi connectivity index (χ2n) is 5.62. The van der Waals surface area contributed by atoms with Crippen molar-refractivity contribution in [2.24, 2.45) is 0 Å². The van der Waals surface area contributed by atoms with Crippen molar-refractivity contribution in [1.29, 1.82) is 0 Å². The van der Waals surface area contributed by atoms with Crippen LogP contribution in [0.25, 0.3) is 0 Å². The zero-order chi connectivity index (χ0) is 11.5. The zero-order valence-electron chi connectivity index (χ0n) is 10.6. The number of aliphatic hydroxyl groups is 1. The van der Waals surface area contributed by atoms with Crippen molar-refractivity contribution in [2.75, 3.05) is 19.7 Å². The fraction of sp³-hybridized carbons (Fsp3) is 1.00. The number of nitrogens with one attached hydrogen (secondary N) is 1.